The number of amides is 1. The van der Waals surface area contributed by atoms with Crippen LogP contribution in [0.2, 0.25) is 0 Å². The number of hydrogen-bond donors (Lipinski definition) is 1. The first-order chi connectivity index (χ1) is 12.7. The van der Waals surface area contributed by atoms with Crippen molar-refractivity contribution in [3.05, 3.63) is 41.2 Å². The zero-order valence-corrected chi connectivity index (χ0v) is 17.1. The summed E-state index contributed by atoms with van der Waals surface area (Å²) in [5, 5.41) is 7.06. The smallest absolute Gasteiger partial charge is 0.246 e. The highest BCUT2D eigenvalue weighted by atomic mass is 32.2. The number of nitrogens with zero attached hydrogens (tertiary/aromatic N) is 3. The first-order valence-electron chi connectivity index (χ1n) is 8.53. The largest absolute Gasteiger partial charge is 0.497 e. The fourth-order valence-electron chi connectivity index (χ4n) is 2.72. The van der Waals surface area contributed by atoms with Gasteiger partial charge in [0.1, 0.15) is 17.2 Å². The molecule has 0 saturated heterocycles. The molecule has 0 saturated carbocycles. The Morgan fingerprint density at radius 3 is 2.41 bits per heavy atom. The van der Waals surface area contributed by atoms with Crippen molar-refractivity contribution in [2.75, 3.05) is 27.7 Å². The summed E-state index contributed by atoms with van der Waals surface area (Å²) in [7, 11) is 0.950. The Labute approximate surface area is 160 Å². The molecule has 0 aliphatic carbocycles. The zero-order valence-electron chi connectivity index (χ0n) is 16.3. The average molecular weight is 394 g/mol. The first-order valence-corrected chi connectivity index (χ1v) is 9.97. The summed E-state index contributed by atoms with van der Waals surface area (Å²) < 4.78 is 32.5. The van der Waals surface area contributed by atoms with Crippen LogP contribution >= 0.6 is 0 Å². The second-order valence-corrected chi connectivity index (χ2v) is 8.48. The number of aryl methyl sites for hydroxylation is 1. The summed E-state index contributed by atoms with van der Waals surface area (Å²) in [6.45, 7) is 3.73. The molecule has 148 valence electrons. The lowest BCUT2D eigenvalue weighted by Gasteiger charge is -2.12. The van der Waals surface area contributed by atoms with E-state index in [-0.39, 0.29) is 17.3 Å². The van der Waals surface area contributed by atoms with Crippen LogP contribution in [-0.4, -0.2) is 56.2 Å². The Kier molecular flexibility index (Phi) is 6.61. The van der Waals surface area contributed by atoms with Gasteiger partial charge in [0, 0.05) is 20.6 Å². The van der Waals surface area contributed by atoms with Crippen LogP contribution < -0.4 is 10.1 Å². The summed E-state index contributed by atoms with van der Waals surface area (Å²) in [5.41, 5.74) is 1.92. The molecule has 0 atom stereocenters. The number of aromatic nitrogens is 2. The van der Waals surface area contributed by atoms with Crippen molar-refractivity contribution in [2.24, 2.45) is 0 Å². The molecular weight excluding hydrogens is 368 g/mol. The molecular formula is C18H26N4O4S. The first kappa shape index (κ1) is 20.9. The molecule has 2 rings (SSSR count). The van der Waals surface area contributed by atoms with Gasteiger partial charge >= 0.3 is 0 Å². The van der Waals surface area contributed by atoms with Crippen molar-refractivity contribution in [3.8, 4) is 5.75 Å². The number of hydrogen-bond acceptors (Lipinski definition) is 5. The van der Waals surface area contributed by atoms with Gasteiger partial charge in [-0.1, -0.05) is 12.1 Å². The Balaban J connectivity index is 1.98. The number of methoxy groups -OCH3 is 1. The maximum atomic E-state index is 12.4. The van der Waals surface area contributed by atoms with Gasteiger partial charge in [-0.2, -0.15) is 5.10 Å². The van der Waals surface area contributed by atoms with E-state index in [2.05, 4.69) is 10.4 Å². The van der Waals surface area contributed by atoms with Gasteiger partial charge in [-0.3, -0.25) is 9.48 Å². The highest BCUT2D eigenvalue weighted by Gasteiger charge is 2.27. The number of sulfonamides is 1. The third-order valence-corrected chi connectivity index (χ3v) is 6.31. The third-order valence-electron chi connectivity index (χ3n) is 4.24. The topological polar surface area (TPSA) is 93.5 Å². The van der Waals surface area contributed by atoms with Crippen LogP contribution in [0.3, 0.4) is 0 Å². The van der Waals surface area contributed by atoms with Crippen LogP contribution in [0.1, 0.15) is 17.0 Å². The number of carbonyl (C=O) groups excluding carboxylic acids is 1. The lowest BCUT2D eigenvalue weighted by Crippen LogP contribution is -2.30. The third kappa shape index (κ3) is 4.86. The van der Waals surface area contributed by atoms with E-state index >= 15 is 0 Å². The van der Waals surface area contributed by atoms with Crippen molar-refractivity contribution >= 4 is 15.9 Å². The Morgan fingerprint density at radius 2 is 1.85 bits per heavy atom. The van der Waals surface area contributed by atoms with Gasteiger partial charge in [0.25, 0.3) is 0 Å². The van der Waals surface area contributed by atoms with Crippen molar-refractivity contribution in [2.45, 2.75) is 31.7 Å². The maximum absolute atomic E-state index is 12.4. The molecule has 8 nitrogen and oxygen atoms in total. The fraction of sp³-hybridized carbons (Fsp3) is 0.444. The highest BCUT2D eigenvalue weighted by Crippen LogP contribution is 2.21. The van der Waals surface area contributed by atoms with E-state index in [1.165, 1.54) is 18.8 Å². The minimum Gasteiger partial charge on any atom is -0.497 e. The molecule has 0 fully saturated rings. The number of benzene rings is 1. The molecule has 9 heteroatoms. The summed E-state index contributed by atoms with van der Waals surface area (Å²) in [4.78, 5) is 12.4. The number of ether oxygens (including phenoxy) is 1. The Bertz CT molecular complexity index is 902. The molecule has 0 aliphatic heterocycles. The predicted octanol–water partition coefficient (Wildman–Crippen LogP) is 1.12. The van der Waals surface area contributed by atoms with E-state index in [1.54, 1.807) is 21.0 Å². The summed E-state index contributed by atoms with van der Waals surface area (Å²) >= 11 is 0. The molecule has 2 aromatic rings. The van der Waals surface area contributed by atoms with Gasteiger partial charge in [-0.15, -0.1) is 0 Å². The molecule has 1 aromatic carbocycles. The number of carbonyl (C=O) groups is 1. The van der Waals surface area contributed by atoms with E-state index in [1.807, 2.05) is 24.3 Å². The van der Waals surface area contributed by atoms with Crippen LogP contribution in [-0.2, 0) is 27.8 Å². The molecule has 0 unspecified atom stereocenters. The molecule has 1 amide bonds. The van der Waals surface area contributed by atoms with Gasteiger partial charge in [0.15, 0.2) is 0 Å². The number of nitrogens with one attached hydrogen (secondary N) is 1. The second-order valence-electron chi connectivity index (χ2n) is 6.39. The van der Waals surface area contributed by atoms with Gasteiger partial charge in [0.2, 0.25) is 15.9 Å². The minimum absolute atomic E-state index is 0.0295. The van der Waals surface area contributed by atoms with Crippen molar-refractivity contribution in [1.29, 1.82) is 0 Å². The predicted molar refractivity (Wildman–Crippen MR) is 102 cm³/mol. The van der Waals surface area contributed by atoms with Crippen LogP contribution in [0.4, 0.5) is 0 Å². The normalized spacial score (nSPS) is 11.6. The lowest BCUT2D eigenvalue weighted by atomic mass is 10.1. The average Bonchev–Trinajstić information content (AvgIpc) is 2.89. The summed E-state index contributed by atoms with van der Waals surface area (Å²) in [5.74, 6) is 0.568. The molecule has 1 heterocycles. The van der Waals surface area contributed by atoms with Crippen LogP contribution in [0, 0.1) is 13.8 Å². The zero-order chi connectivity index (χ0) is 20.2. The van der Waals surface area contributed by atoms with Crippen LogP contribution in [0.15, 0.2) is 29.2 Å². The van der Waals surface area contributed by atoms with Gasteiger partial charge in [-0.05, 0) is 38.0 Å². The lowest BCUT2D eigenvalue weighted by molar-refractivity contribution is -0.121. The second kappa shape index (κ2) is 8.53. The molecule has 27 heavy (non-hydrogen) atoms. The summed E-state index contributed by atoms with van der Waals surface area (Å²) in [6.07, 6.45) is 0.688. The van der Waals surface area contributed by atoms with Crippen LogP contribution in [0.25, 0.3) is 0 Å². The maximum Gasteiger partial charge on any atom is 0.246 e. The van der Waals surface area contributed by atoms with E-state index in [0.717, 1.165) is 15.6 Å². The van der Waals surface area contributed by atoms with Crippen molar-refractivity contribution in [1.82, 2.24) is 19.4 Å². The highest BCUT2D eigenvalue weighted by molar-refractivity contribution is 7.89. The summed E-state index contributed by atoms with van der Waals surface area (Å²) in [6, 6.07) is 7.65. The Morgan fingerprint density at radius 1 is 1.22 bits per heavy atom. The van der Waals surface area contributed by atoms with Crippen molar-refractivity contribution in [3.63, 3.8) is 0 Å². The molecule has 0 spiro atoms. The number of rotatable bonds is 8. The van der Waals surface area contributed by atoms with Gasteiger partial charge in [-0.25, -0.2) is 12.7 Å². The van der Waals surface area contributed by atoms with E-state index in [0.29, 0.717) is 24.4 Å². The van der Waals surface area contributed by atoms with E-state index in [9.17, 15) is 13.2 Å². The molecule has 1 aromatic heterocycles. The Hall–Kier alpha value is -2.39. The standard InChI is InChI=1S/C18H26N4O4S/c1-13-18(27(24,25)21(3)4)14(2)22(20-13)12-17(23)19-11-10-15-6-8-16(26-5)9-7-15/h6-9H,10-12H2,1-5H3,(H,19,23). The molecule has 0 aliphatic rings. The molecule has 0 radical (unpaired) electrons. The molecule has 1 N–H and O–H groups in total. The monoisotopic (exact) mass is 394 g/mol. The minimum atomic E-state index is -3.60. The van der Waals surface area contributed by atoms with Crippen molar-refractivity contribution < 1.29 is 17.9 Å². The quantitative estimate of drug-likeness (QED) is 0.724. The van der Waals surface area contributed by atoms with E-state index < -0.39 is 10.0 Å². The SMILES string of the molecule is COc1ccc(CCNC(=O)Cn2nc(C)c(S(=O)(=O)N(C)C)c2C)cc1. The van der Waals surface area contributed by atoms with Gasteiger partial charge < -0.3 is 10.1 Å². The fourth-order valence-corrected chi connectivity index (χ4v) is 3.98. The van der Waals surface area contributed by atoms with E-state index in [4.69, 9.17) is 4.74 Å². The molecule has 0 bridgehead atoms. The van der Waals surface area contributed by atoms with Gasteiger partial charge in [0.05, 0.1) is 18.5 Å². The van der Waals surface area contributed by atoms with Crippen LogP contribution in [0.5, 0.6) is 5.75 Å².